The highest BCUT2D eigenvalue weighted by Crippen LogP contribution is 2.48. The van der Waals surface area contributed by atoms with Crippen LogP contribution in [0.2, 0.25) is 0 Å². The summed E-state index contributed by atoms with van der Waals surface area (Å²) < 4.78 is 13.6. The number of aromatic nitrogens is 2. The van der Waals surface area contributed by atoms with Crippen molar-refractivity contribution in [3.8, 4) is 11.5 Å². The average Bonchev–Trinajstić information content (AvgIpc) is 3.52. The summed E-state index contributed by atoms with van der Waals surface area (Å²) in [5.41, 5.74) is 5.71. The minimum absolute atomic E-state index is 0.0570. The predicted molar refractivity (Wildman–Crippen MR) is 130 cm³/mol. The molecule has 2 atom stereocenters. The fourth-order valence-electron chi connectivity index (χ4n) is 4.91. The van der Waals surface area contributed by atoms with Crippen LogP contribution >= 0.6 is 12.2 Å². The van der Waals surface area contributed by atoms with E-state index in [-0.39, 0.29) is 12.1 Å². The number of thiocarbonyl (C=S) groups is 1. The molecule has 1 saturated carbocycles. The molecule has 0 amide bonds. The summed E-state index contributed by atoms with van der Waals surface area (Å²) in [5.74, 6) is 1.46. The van der Waals surface area contributed by atoms with E-state index in [0.29, 0.717) is 11.2 Å². The van der Waals surface area contributed by atoms with Crippen LogP contribution in [0.4, 0.5) is 5.69 Å². The molecule has 7 heteroatoms. The van der Waals surface area contributed by atoms with Crippen LogP contribution in [-0.4, -0.2) is 28.9 Å². The van der Waals surface area contributed by atoms with Crippen LogP contribution in [0, 0.1) is 13.8 Å². The molecule has 0 spiro atoms. The summed E-state index contributed by atoms with van der Waals surface area (Å²) in [6, 6.07) is 14.7. The molecule has 1 N–H and O–H groups in total. The van der Waals surface area contributed by atoms with Crippen LogP contribution < -0.4 is 19.7 Å². The summed E-state index contributed by atoms with van der Waals surface area (Å²) in [4.78, 5) is 6.84. The van der Waals surface area contributed by atoms with E-state index in [1.165, 1.54) is 29.8 Å². The van der Waals surface area contributed by atoms with Gasteiger partial charge in [-0.2, -0.15) is 0 Å². The van der Waals surface area contributed by atoms with Gasteiger partial charge in [-0.15, -0.1) is 0 Å². The van der Waals surface area contributed by atoms with Crippen molar-refractivity contribution in [3.63, 3.8) is 0 Å². The van der Waals surface area contributed by atoms with Gasteiger partial charge < -0.3 is 24.3 Å². The van der Waals surface area contributed by atoms with Gasteiger partial charge in [0.05, 0.1) is 37.7 Å². The number of ether oxygens (including phenoxy) is 2. The maximum Gasteiger partial charge on any atom is 0.174 e. The molecule has 2 aromatic heterocycles. The highest BCUT2D eigenvalue weighted by atomic mass is 32.1. The standard InChI is InChI=1S/C25H28N4O2S/c1-15-13-19(16(2)28(15)17-8-9-17)24-23(20-7-5-6-12-26-20)27-25(32)29(24)21-11-10-18(30-3)14-22(21)31-4/h5-7,10-14,17,23-24H,8-9H2,1-4H3,(H,27,32)/t23-,24-/m0/s1. The second-order valence-electron chi connectivity index (χ2n) is 8.46. The van der Waals surface area contributed by atoms with Gasteiger partial charge >= 0.3 is 0 Å². The smallest absolute Gasteiger partial charge is 0.174 e. The fraction of sp³-hybridized carbons (Fsp3) is 0.360. The molecule has 1 aromatic carbocycles. The van der Waals surface area contributed by atoms with Gasteiger partial charge in [-0.05, 0) is 74.8 Å². The zero-order valence-electron chi connectivity index (χ0n) is 18.8. The lowest BCUT2D eigenvalue weighted by Crippen LogP contribution is -2.30. The lowest BCUT2D eigenvalue weighted by molar-refractivity contribution is 0.394. The summed E-state index contributed by atoms with van der Waals surface area (Å²) in [7, 11) is 3.33. The highest BCUT2D eigenvalue weighted by Gasteiger charge is 2.43. The van der Waals surface area contributed by atoms with E-state index in [9.17, 15) is 0 Å². The average molecular weight is 449 g/mol. The van der Waals surface area contributed by atoms with Crippen molar-refractivity contribution in [2.45, 2.75) is 44.8 Å². The van der Waals surface area contributed by atoms with E-state index >= 15 is 0 Å². The molecular formula is C25H28N4O2S. The topological polar surface area (TPSA) is 51.5 Å². The number of methoxy groups -OCH3 is 2. The van der Waals surface area contributed by atoms with Crippen molar-refractivity contribution in [1.82, 2.24) is 14.9 Å². The Bertz CT molecular complexity index is 1160. The Morgan fingerprint density at radius 3 is 2.53 bits per heavy atom. The number of nitrogens with one attached hydrogen (secondary N) is 1. The van der Waals surface area contributed by atoms with Crippen molar-refractivity contribution in [2.24, 2.45) is 0 Å². The van der Waals surface area contributed by atoms with Gasteiger partial charge in [0, 0.05) is 29.7 Å². The quantitative estimate of drug-likeness (QED) is 0.534. The number of pyridine rings is 1. The molecule has 1 saturated heterocycles. The lowest BCUT2D eigenvalue weighted by atomic mass is 9.96. The molecule has 166 valence electrons. The van der Waals surface area contributed by atoms with Gasteiger partial charge in [0.2, 0.25) is 0 Å². The van der Waals surface area contributed by atoms with Crippen LogP contribution in [0.3, 0.4) is 0 Å². The van der Waals surface area contributed by atoms with Crippen LogP contribution in [0.25, 0.3) is 0 Å². The largest absolute Gasteiger partial charge is 0.497 e. The SMILES string of the molecule is COc1ccc(N2C(=S)N[C@@H](c3ccccn3)[C@@H]2c2cc(C)n(C3CC3)c2C)c(OC)c1. The number of hydrogen-bond donors (Lipinski definition) is 1. The Morgan fingerprint density at radius 1 is 1.06 bits per heavy atom. The molecule has 1 aliphatic carbocycles. The third-order valence-corrected chi connectivity index (χ3v) is 6.81. The van der Waals surface area contributed by atoms with E-state index in [0.717, 1.165) is 22.9 Å². The Labute approximate surface area is 194 Å². The van der Waals surface area contributed by atoms with Crippen molar-refractivity contribution in [3.05, 3.63) is 71.3 Å². The molecule has 0 radical (unpaired) electrons. The Balaban J connectivity index is 1.68. The lowest BCUT2D eigenvalue weighted by Gasteiger charge is -2.29. The van der Waals surface area contributed by atoms with Crippen molar-refractivity contribution >= 4 is 23.0 Å². The number of rotatable bonds is 6. The van der Waals surface area contributed by atoms with Crippen molar-refractivity contribution in [2.75, 3.05) is 19.1 Å². The molecule has 0 unspecified atom stereocenters. The zero-order chi connectivity index (χ0) is 22.4. The van der Waals surface area contributed by atoms with Crippen LogP contribution in [0.15, 0.2) is 48.7 Å². The van der Waals surface area contributed by atoms with Crippen LogP contribution in [-0.2, 0) is 0 Å². The molecule has 6 nitrogen and oxygen atoms in total. The Morgan fingerprint density at radius 2 is 1.88 bits per heavy atom. The van der Waals surface area contributed by atoms with E-state index in [4.69, 9.17) is 21.7 Å². The van der Waals surface area contributed by atoms with Gasteiger partial charge in [0.1, 0.15) is 11.5 Å². The van der Waals surface area contributed by atoms with Crippen LogP contribution in [0.1, 0.15) is 53.6 Å². The van der Waals surface area contributed by atoms with Crippen molar-refractivity contribution < 1.29 is 9.47 Å². The third-order valence-electron chi connectivity index (χ3n) is 6.50. The van der Waals surface area contributed by atoms with E-state index in [1.54, 1.807) is 14.2 Å². The first kappa shape index (κ1) is 20.8. The van der Waals surface area contributed by atoms with Gasteiger partial charge in [0.25, 0.3) is 0 Å². The summed E-state index contributed by atoms with van der Waals surface area (Å²) in [6.45, 7) is 4.42. The number of nitrogens with zero attached hydrogens (tertiary/aromatic N) is 3. The minimum Gasteiger partial charge on any atom is -0.497 e. The molecule has 5 rings (SSSR count). The first-order valence-electron chi connectivity index (χ1n) is 10.9. The second-order valence-corrected chi connectivity index (χ2v) is 8.85. The normalized spacial score (nSPS) is 20.4. The minimum atomic E-state index is -0.0799. The zero-order valence-corrected chi connectivity index (χ0v) is 19.6. The molecule has 32 heavy (non-hydrogen) atoms. The maximum atomic E-state index is 5.89. The van der Waals surface area contributed by atoms with Gasteiger partial charge in [-0.25, -0.2) is 0 Å². The summed E-state index contributed by atoms with van der Waals surface area (Å²) in [5, 5.41) is 4.20. The molecule has 0 bridgehead atoms. The number of benzene rings is 1. The maximum absolute atomic E-state index is 5.89. The Kier molecular flexibility index (Phi) is 5.29. The van der Waals surface area contributed by atoms with E-state index < -0.39 is 0 Å². The summed E-state index contributed by atoms with van der Waals surface area (Å²) in [6.07, 6.45) is 4.33. The molecule has 2 fully saturated rings. The monoisotopic (exact) mass is 448 g/mol. The Hall–Kier alpha value is -3.06. The first-order valence-corrected chi connectivity index (χ1v) is 11.3. The fourth-order valence-corrected chi connectivity index (χ4v) is 5.25. The highest BCUT2D eigenvalue weighted by molar-refractivity contribution is 7.80. The predicted octanol–water partition coefficient (Wildman–Crippen LogP) is 5.03. The summed E-state index contributed by atoms with van der Waals surface area (Å²) >= 11 is 5.89. The number of hydrogen-bond acceptors (Lipinski definition) is 4. The van der Waals surface area contributed by atoms with Gasteiger partial charge in [0.15, 0.2) is 5.11 Å². The molecular weight excluding hydrogens is 420 g/mol. The molecule has 1 aliphatic heterocycles. The number of aryl methyl sites for hydroxylation is 1. The van der Waals surface area contributed by atoms with Gasteiger partial charge in [-0.1, -0.05) is 6.07 Å². The third kappa shape index (κ3) is 3.41. The molecule has 3 heterocycles. The second kappa shape index (κ2) is 8.13. The number of anilines is 1. The van der Waals surface area contributed by atoms with Gasteiger partial charge in [-0.3, -0.25) is 4.98 Å². The first-order chi connectivity index (χ1) is 15.5. The van der Waals surface area contributed by atoms with E-state index in [2.05, 4.69) is 45.7 Å². The van der Waals surface area contributed by atoms with Crippen molar-refractivity contribution in [1.29, 1.82) is 0 Å². The molecule has 3 aromatic rings. The van der Waals surface area contributed by atoms with E-state index in [1.807, 2.05) is 36.5 Å². The van der Waals surface area contributed by atoms with Crippen LogP contribution in [0.5, 0.6) is 11.5 Å². The molecule has 2 aliphatic rings.